The highest BCUT2D eigenvalue weighted by molar-refractivity contribution is 7.92. The molecule has 2 aromatic carbocycles. The molecule has 2 N–H and O–H groups in total. The van der Waals surface area contributed by atoms with Crippen molar-refractivity contribution in [2.24, 2.45) is 5.92 Å². The van der Waals surface area contributed by atoms with E-state index in [2.05, 4.69) is 9.62 Å². The molecule has 0 spiro atoms. The lowest BCUT2D eigenvalue weighted by molar-refractivity contribution is -0.0311. The molecule has 2 aromatic rings. The number of piperidine rings is 3. The van der Waals surface area contributed by atoms with Crippen molar-refractivity contribution in [2.75, 3.05) is 35.5 Å². The van der Waals surface area contributed by atoms with Crippen LogP contribution in [0.1, 0.15) is 28.8 Å². The van der Waals surface area contributed by atoms with Crippen molar-refractivity contribution < 1.29 is 27.9 Å². The van der Waals surface area contributed by atoms with Crippen LogP contribution in [0.4, 0.5) is 16.2 Å². The quantitative estimate of drug-likeness (QED) is 0.635. The minimum atomic E-state index is -3.50. The molecule has 2 bridgehead atoms. The number of nitrogens with one attached hydrogen (secondary N) is 1. The Kier molecular flexibility index (Phi) is 6.57. The summed E-state index contributed by atoms with van der Waals surface area (Å²) in [7, 11) is -3.50. The standard InChI is InChI=1S/C23H27N3O6S/c1-33(30,31)24-19-6-3-7-20(13-19)26(14-16-4-2-5-18(12-16)22(27)28)23(29)32-21-15-25-10-8-17(21)9-11-25/h2-7,12-13,17,21,24H,8-11,14-15H2,1H3,(H,27,28)/t21-/m0/s1. The van der Waals surface area contributed by atoms with Crippen LogP contribution >= 0.6 is 0 Å². The van der Waals surface area contributed by atoms with Crippen LogP contribution in [0.5, 0.6) is 0 Å². The van der Waals surface area contributed by atoms with Crippen LogP contribution in [-0.4, -0.2) is 62.5 Å². The number of carbonyl (C=O) groups is 2. The predicted octanol–water partition coefficient (Wildman–Crippen LogP) is 2.99. The smallest absolute Gasteiger partial charge is 0.414 e. The van der Waals surface area contributed by atoms with E-state index in [4.69, 9.17) is 4.74 Å². The summed E-state index contributed by atoms with van der Waals surface area (Å²) in [6.07, 6.45) is 2.28. The number of amides is 1. The van der Waals surface area contributed by atoms with Gasteiger partial charge in [0.25, 0.3) is 0 Å². The van der Waals surface area contributed by atoms with Crippen LogP contribution in [0.2, 0.25) is 0 Å². The fourth-order valence-electron chi connectivity index (χ4n) is 4.44. The molecular formula is C23H27N3O6S. The van der Waals surface area contributed by atoms with Gasteiger partial charge in [0, 0.05) is 12.2 Å². The number of carboxylic acids is 1. The van der Waals surface area contributed by atoms with Gasteiger partial charge in [0.1, 0.15) is 6.10 Å². The number of carboxylic acid groups (broad SMARTS) is 1. The Bertz CT molecular complexity index is 1140. The number of hydrogen-bond donors (Lipinski definition) is 2. The highest BCUT2D eigenvalue weighted by Gasteiger charge is 2.37. The first-order valence-electron chi connectivity index (χ1n) is 10.8. The number of sulfonamides is 1. The number of anilines is 2. The van der Waals surface area contributed by atoms with Crippen LogP contribution in [0.15, 0.2) is 48.5 Å². The lowest BCUT2D eigenvalue weighted by Crippen LogP contribution is -2.53. The first-order chi connectivity index (χ1) is 15.7. The van der Waals surface area contributed by atoms with Gasteiger partial charge in [-0.25, -0.2) is 18.0 Å². The predicted molar refractivity (Wildman–Crippen MR) is 124 cm³/mol. The zero-order valence-electron chi connectivity index (χ0n) is 18.3. The molecule has 0 aromatic heterocycles. The normalized spacial score (nSPS) is 21.9. The number of nitrogens with zero attached hydrogens (tertiary/aromatic N) is 2. The summed E-state index contributed by atoms with van der Waals surface area (Å²) in [5.74, 6) is -0.730. The van der Waals surface area contributed by atoms with Gasteiger partial charge in [-0.1, -0.05) is 18.2 Å². The molecule has 10 heteroatoms. The van der Waals surface area contributed by atoms with E-state index in [0.717, 1.165) is 32.2 Å². The Morgan fingerprint density at radius 1 is 1.15 bits per heavy atom. The SMILES string of the molecule is CS(=O)(=O)Nc1cccc(N(Cc2cccc(C(=O)O)c2)C(=O)O[C@H]2CN3CCC2CC3)c1. The third kappa shape index (κ3) is 5.82. The molecule has 3 aliphatic rings. The number of fused-ring (bicyclic) bond motifs is 3. The van der Waals surface area contributed by atoms with E-state index in [9.17, 15) is 23.1 Å². The average Bonchev–Trinajstić information content (AvgIpc) is 2.77. The zero-order chi connectivity index (χ0) is 23.6. The van der Waals surface area contributed by atoms with E-state index < -0.39 is 22.1 Å². The van der Waals surface area contributed by atoms with Crippen LogP contribution < -0.4 is 9.62 Å². The average molecular weight is 474 g/mol. The third-order valence-electron chi connectivity index (χ3n) is 6.04. The summed E-state index contributed by atoms with van der Waals surface area (Å²) in [5.41, 5.74) is 1.48. The minimum absolute atomic E-state index is 0.0728. The van der Waals surface area contributed by atoms with Crippen molar-refractivity contribution in [2.45, 2.75) is 25.5 Å². The molecule has 0 saturated carbocycles. The molecule has 0 aliphatic carbocycles. The number of hydrogen-bond acceptors (Lipinski definition) is 6. The van der Waals surface area contributed by atoms with E-state index >= 15 is 0 Å². The fourth-order valence-corrected chi connectivity index (χ4v) is 4.99. The lowest BCUT2D eigenvalue weighted by atomic mass is 9.86. The summed E-state index contributed by atoms with van der Waals surface area (Å²) >= 11 is 0. The molecule has 0 unspecified atom stereocenters. The van der Waals surface area contributed by atoms with Crippen LogP contribution in [-0.2, 0) is 21.3 Å². The van der Waals surface area contributed by atoms with Gasteiger partial charge in [0.2, 0.25) is 10.0 Å². The Balaban J connectivity index is 1.62. The molecule has 0 radical (unpaired) electrons. The van der Waals surface area contributed by atoms with Crippen molar-refractivity contribution in [3.8, 4) is 0 Å². The third-order valence-corrected chi connectivity index (χ3v) is 6.65. The Morgan fingerprint density at radius 2 is 1.88 bits per heavy atom. The maximum Gasteiger partial charge on any atom is 0.414 e. The molecular weight excluding hydrogens is 446 g/mol. The monoisotopic (exact) mass is 473 g/mol. The molecule has 1 amide bonds. The maximum absolute atomic E-state index is 13.3. The van der Waals surface area contributed by atoms with Crippen molar-refractivity contribution in [3.05, 3.63) is 59.7 Å². The van der Waals surface area contributed by atoms with Crippen molar-refractivity contribution >= 4 is 33.5 Å². The van der Waals surface area contributed by atoms with E-state index in [-0.39, 0.29) is 18.2 Å². The minimum Gasteiger partial charge on any atom is -0.478 e. The second kappa shape index (κ2) is 9.40. The van der Waals surface area contributed by atoms with Gasteiger partial charge in [-0.05, 0) is 67.7 Å². The van der Waals surface area contributed by atoms with Gasteiger partial charge in [0.15, 0.2) is 0 Å². The number of ether oxygens (including phenoxy) is 1. The zero-order valence-corrected chi connectivity index (χ0v) is 19.1. The number of aromatic carboxylic acids is 1. The highest BCUT2D eigenvalue weighted by Crippen LogP contribution is 2.31. The van der Waals surface area contributed by atoms with Crippen LogP contribution in [0, 0.1) is 5.92 Å². The summed E-state index contributed by atoms with van der Waals surface area (Å²) in [4.78, 5) is 28.4. The first kappa shape index (κ1) is 23.1. The highest BCUT2D eigenvalue weighted by atomic mass is 32.2. The van der Waals surface area contributed by atoms with E-state index in [0.29, 0.717) is 29.4 Å². The maximum atomic E-state index is 13.3. The summed E-state index contributed by atoms with van der Waals surface area (Å²) in [6.45, 7) is 2.81. The fraction of sp³-hybridized carbons (Fsp3) is 0.391. The van der Waals surface area contributed by atoms with Gasteiger partial charge in [-0.2, -0.15) is 0 Å². The van der Waals surface area contributed by atoms with Gasteiger partial charge in [-0.3, -0.25) is 14.5 Å². The molecule has 176 valence electrons. The number of rotatable bonds is 7. The summed E-state index contributed by atoms with van der Waals surface area (Å²) in [6, 6.07) is 12.8. The van der Waals surface area contributed by atoms with Crippen molar-refractivity contribution in [3.63, 3.8) is 0 Å². The van der Waals surface area contributed by atoms with Crippen molar-refractivity contribution in [1.82, 2.24) is 4.90 Å². The van der Waals surface area contributed by atoms with Gasteiger partial charge < -0.3 is 9.84 Å². The molecule has 3 heterocycles. The molecule has 33 heavy (non-hydrogen) atoms. The van der Waals surface area contributed by atoms with E-state index in [1.54, 1.807) is 36.4 Å². The molecule has 3 aliphatic heterocycles. The molecule has 3 saturated heterocycles. The largest absolute Gasteiger partial charge is 0.478 e. The van der Waals surface area contributed by atoms with Gasteiger partial charge in [-0.15, -0.1) is 0 Å². The van der Waals surface area contributed by atoms with Gasteiger partial charge >= 0.3 is 12.1 Å². The topological polar surface area (TPSA) is 116 Å². The Morgan fingerprint density at radius 3 is 2.52 bits per heavy atom. The lowest BCUT2D eigenvalue weighted by Gasteiger charge is -2.44. The summed E-state index contributed by atoms with van der Waals surface area (Å²) < 4.78 is 31.7. The number of carbonyl (C=O) groups excluding carboxylic acids is 1. The van der Waals surface area contributed by atoms with E-state index in [1.807, 2.05) is 0 Å². The second-order valence-electron chi connectivity index (χ2n) is 8.58. The Hall–Kier alpha value is -3.11. The number of benzene rings is 2. The van der Waals surface area contributed by atoms with E-state index in [1.165, 1.54) is 17.0 Å². The first-order valence-corrected chi connectivity index (χ1v) is 12.7. The summed E-state index contributed by atoms with van der Waals surface area (Å²) in [5, 5.41) is 9.32. The molecule has 9 nitrogen and oxygen atoms in total. The molecule has 1 atom stereocenters. The Labute approximate surface area is 193 Å². The van der Waals surface area contributed by atoms with Crippen LogP contribution in [0.3, 0.4) is 0 Å². The van der Waals surface area contributed by atoms with Gasteiger partial charge in [0.05, 0.1) is 24.1 Å². The van der Waals surface area contributed by atoms with Crippen LogP contribution in [0.25, 0.3) is 0 Å². The molecule has 5 rings (SSSR count). The van der Waals surface area contributed by atoms with Crippen molar-refractivity contribution in [1.29, 1.82) is 0 Å². The molecule has 3 fully saturated rings. The second-order valence-corrected chi connectivity index (χ2v) is 10.3.